The SMILES string of the molecule is Cc1ccc(-c2sc(S)nc2-c2ccc(F)cc2)cc1. The van der Waals surface area contributed by atoms with E-state index in [9.17, 15) is 4.39 Å². The van der Waals surface area contributed by atoms with Crippen molar-refractivity contribution in [1.82, 2.24) is 4.98 Å². The van der Waals surface area contributed by atoms with E-state index in [-0.39, 0.29) is 5.82 Å². The normalized spacial score (nSPS) is 10.8. The van der Waals surface area contributed by atoms with Crippen molar-refractivity contribution in [2.45, 2.75) is 11.3 Å². The van der Waals surface area contributed by atoms with Crippen molar-refractivity contribution in [3.05, 3.63) is 59.9 Å². The Hall–Kier alpha value is -1.65. The van der Waals surface area contributed by atoms with Gasteiger partial charge in [-0.1, -0.05) is 29.8 Å². The number of halogens is 1. The van der Waals surface area contributed by atoms with Crippen LogP contribution in [0.25, 0.3) is 21.7 Å². The Morgan fingerprint density at radius 2 is 1.55 bits per heavy atom. The van der Waals surface area contributed by atoms with Gasteiger partial charge in [-0.2, -0.15) is 0 Å². The molecule has 1 aromatic heterocycles. The third-order valence-electron chi connectivity index (χ3n) is 3.05. The minimum atomic E-state index is -0.244. The molecule has 3 aromatic rings. The summed E-state index contributed by atoms with van der Waals surface area (Å²) in [7, 11) is 0. The average molecular weight is 301 g/mol. The van der Waals surface area contributed by atoms with Gasteiger partial charge in [-0.3, -0.25) is 0 Å². The van der Waals surface area contributed by atoms with Crippen LogP contribution in [0.15, 0.2) is 52.9 Å². The zero-order valence-corrected chi connectivity index (χ0v) is 12.5. The molecule has 0 saturated carbocycles. The van der Waals surface area contributed by atoms with E-state index in [1.807, 2.05) is 0 Å². The maximum absolute atomic E-state index is 13.0. The molecule has 2 aromatic carbocycles. The van der Waals surface area contributed by atoms with Crippen LogP contribution in [0.2, 0.25) is 0 Å². The van der Waals surface area contributed by atoms with Crippen LogP contribution >= 0.6 is 24.0 Å². The van der Waals surface area contributed by atoms with Gasteiger partial charge >= 0.3 is 0 Å². The van der Waals surface area contributed by atoms with Crippen LogP contribution in [0.5, 0.6) is 0 Å². The molecule has 1 nitrogen and oxygen atoms in total. The van der Waals surface area contributed by atoms with E-state index in [1.54, 1.807) is 12.1 Å². The number of aryl methyl sites for hydroxylation is 1. The van der Waals surface area contributed by atoms with Crippen molar-refractivity contribution in [2.24, 2.45) is 0 Å². The molecule has 0 unspecified atom stereocenters. The number of hydrogen-bond acceptors (Lipinski definition) is 3. The van der Waals surface area contributed by atoms with E-state index in [2.05, 4.69) is 48.8 Å². The van der Waals surface area contributed by atoms with Crippen LogP contribution in [0, 0.1) is 12.7 Å². The number of thiazole rings is 1. The molecule has 0 fully saturated rings. The summed E-state index contributed by atoms with van der Waals surface area (Å²) in [6.07, 6.45) is 0. The molecule has 0 saturated heterocycles. The van der Waals surface area contributed by atoms with Gasteiger partial charge in [0.1, 0.15) is 10.2 Å². The van der Waals surface area contributed by atoms with Gasteiger partial charge in [0.25, 0.3) is 0 Å². The molecule has 0 atom stereocenters. The molecule has 1 heterocycles. The van der Waals surface area contributed by atoms with E-state index in [0.29, 0.717) is 4.34 Å². The van der Waals surface area contributed by atoms with Crippen molar-refractivity contribution in [3.63, 3.8) is 0 Å². The number of nitrogens with zero attached hydrogens (tertiary/aromatic N) is 1. The summed E-state index contributed by atoms with van der Waals surface area (Å²) in [4.78, 5) is 5.53. The Labute approximate surface area is 126 Å². The van der Waals surface area contributed by atoms with Crippen LogP contribution in [0.1, 0.15) is 5.56 Å². The smallest absolute Gasteiger partial charge is 0.148 e. The van der Waals surface area contributed by atoms with Gasteiger partial charge in [0.15, 0.2) is 0 Å². The van der Waals surface area contributed by atoms with Crippen molar-refractivity contribution in [2.75, 3.05) is 0 Å². The molecule has 0 amide bonds. The first-order chi connectivity index (χ1) is 9.63. The summed E-state index contributed by atoms with van der Waals surface area (Å²) < 4.78 is 13.8. The number of thiol groups is 1. The maximum atomic E-state index is 13.0. The predicted molar refractivity (Wildman–Crippen MR) is 84.9 cm³/mol. The number of benzene rings is 2. The van der Waals surface area contributed by atoms with Crippen molar-refractivity contribution in [1.29, 1.82) is 0 Å². The highest BCUT2D eigenvalue weighted by molar-refractivity contribution is 7.82. The number of rotatable bonds is 2. The van der Waals surface area contributed by atoms with Gasteiger partial charge in [0.2, 0.25) is 0 Å². The fourth-order valence-corrected chi connectivity index (χ4v) is 3.22. The molecule has 20 heavy (non-hydrogen) atoms. The number of hydrogen-bond donors (Lipinski definition) is 1. The first-order valence-electron chi connectivity index (χ1n) is 6.16. The van der Waals surface area contributed by atoms with Crippen LogP contribution in [0.3, 0.4) is 0 Å². The Kier molecular flexibility index (Phi) is 3.59. The summed E-state index contributed by atoms with van der Waals surface area (Å²) in [5, 5.41) is 0. The highest BCUT2D eigenvalue weighted by atomic mass is 32.2. The Morgan fingerprint density at radius 1 is 0.950 bits per heavy atom. The predicted octanol–water partition coefficient (Wildman–Crippen LogP) is 5.21. The van der Waals surface area contributed by atoms with E-state index in [4.69, 9.17) is 0 Å². The molecule has 3 rings (SSSR count). The summed E-state index contributed by atoms with van der Waals surface area (Å²) in [5.41, 5.74) is 4.07. The first-order valence-corrected chi connectivity index (χ1v) is 7.42. The van der Waals surface area contributed by atoms with E-state index < -0.39 is 0 Å². The number of aromatic nitrogens is 1. The third-order valence-corrected chi connectivity index (χ3v) is 4.33. The summed E-state index contributed by atoms with van der Waals surface area (Å²) >= 11 is 5.88. The lowest BCUT2D eigenvalue weighted by Crippen LogP contribution is -1.83. The van der Waals surface area contributed by atoms with Crippen molar-refractivity contribution in [3.8, 4) is 21.7 Å². The largest absolute Gasteiger partial charge is 0.229 e. The highest BCUT2D eigenvalue weighted by Gasteiger charge is 2.13. The molecule has 0 N–H and O–H groups in total. The second-order valence-electron chi connectivity index (χ2n) is 4.55. The molecule has 0 aliphatic rings. The van der Waals surface area contributed by atoms with Crippen LogP contribution in [0.4, 0.5) is 4.39 Å². The van der Waals surface area contributed by atoms with Crippen LogP contribution in [-0.4, -0.2) is 4.98 Å². The Balaban J connectivity index is 2.12. The summed E-state index contributed by atoms with van der Waals surface area (Å²) in [6.45, 7) is 2.06. The standard InChI is InChI=1S/C16H12FNS2/c1-10-2-4-12(5-3-10)15-14(18-16(19)20-15)11-6-8-13(17)9-7-11/h2-9H,1H3,(H,18,19). The third kappa shape index (κ3) is 2.62. The van der Waals surface area contributed by atoms with Crippen molar-refractivity contribution >= 4 is 24.0 Å². The topological polar surface area (TPSA) is 12.9 Å². The molecule has 4 heteroatoms. The molecule has 0 radical (unpaired) electrons. The summed E-state index contributed by atoms with van der Waals surface area (Å²) in [6, 6.07) is 14.7. The lowest BCUT2D eigenvalue weighted by atomic mass is 10.1. The molecular weight excluding hydrogens is 289 g/mol. The summed E-state index contributed by atoms with van der Waals surface area (Å²) in [5.74, 6) is -0.244. The zero-order chi connectivity index (χ0) is 14.1. The van der Waals surface area contributed by atoms with Crippen LogP contribution in [-0.2, 0) is 0 Å². The quantitative estimate of drug-likeness (QED) is 0.641. The minimum Gasteiger partial charge on any atom is -0.229 e. The fraction of sp³-hybridized carbons (Fsp3) is 0.0625. The van der Waals surface area contributed by atoms with Gasteiger partial charge in [-0.25, -0.2) is 9.37 Å². The molecule has 100 valence electrons. The molecule has 0 aliphatic carbocycles. The van der Waals surface area contributed by atoms with E-state index in [1.165, 1.54) is 29.0 Å². The molecule has 0 aliphatic heterocycles. The fourth-order valence-electron chi connectivity index (χ4n) is 2.01. The van der Waals surface area contributed by atoms with E-state index >= 15 is 0 Å². The molecule has 0 bridgehead atoms. The van der Waals surface area contributed by atoms with Gasteiger partial charge in [0.05, 0.1) is 10.6 Å². The van der Waals surface area contributed by atoms with Gasteiger partial charge < -0.3 is 0 Å². The second kappa shape index (κ2) is 5.38. The second-order valence-corrected chi connectivity index (χ2v) is 6.27. The first kappa shape index (κ1) is 13.3. The monoisotopic (exact) mass is 301 g/mol. The van der Waals surface area contributed by atoms with Gasteiger partial charge in [-0.05, 0) is 36.8 Å². The van der Waals surface area contributed by atoms with E-state index in [0.717, 1.165) is 21.7 Å². The van der Waals surface area contributed by atoms with Gasteiger partial charge in [0, 0.05) is 5.56 Å². The lowest BCUT2D eigenvalue weighted by molar-refractivity contribution is 0.628. The average Bonchev–Trinajstić information content (AvgIpc) is 2.82. The Morgan fingerprint density at radius 3 is 2.20 bits per heavy atom. The Bertz CT molecular complexity index is 667. The van der Waals surface area contributed by atoms with Crippen LogP contribution < -0.4 is 0 Å². The molecule has 0 spiro atoms. The highest BCUT2D eigenvalue weighted by Crippen LogP contribution is 2.38. The minimum absolute atomic E-state index is 0.244. The van der Waals surface area contributed by atoms with Crippen molar-refractivity contribution < 1.29 is 4.39 Å². The lowest BCUT2D eigenvalue weighted by Gasteiger charge is -2.03. The maximum Gasteiger partial charge on any atom is 0.148 e. The zero-order valence-electron chi connectivity index (χ0n) is 10.8. The van der Waals surface area contributed by atoms with Gasteiger partial charge in [-0.15, -0.1) is 24.0 Å². The molecular formula is C16H12FNS2.